The van der Waals surface area contributed by atoms with Crippen molar-refractivity contribution in [3.05, 3.63) is 34.4 Å². The molecule has 0 radical (unpaired) electrons. The largest absolute Gasteiger partial charge is 0.507 e. The minimum atomic E-state index is -0.512. The second kappa shape index (κ2) is 7.46. The Morgan fingerprint density at radius 1 is 1.42 bits per heavy atom. The topological polar surface area (TPSA) is 46.5 Å². The number of hydrogen-bond acceptors (Lipinski definition) is 4. The van der Waals surface area contributed by atoms with Gasteiger partial charge < -0.3 is 9.84 Å². The summed E-state index contributed by atoms with van der Waals surface area (Å²) in [5.74, 6) is -0.649. The lowest BCUT2D eigenvalue weighted by atomic mass is 10.0. The molecule has 0 aromatic heterocycles. The molecule has 0 atom stereocenters. The molecule has 3 nitrogen and oxygen atoms in total. The maximum Gasteiger partial charge on any atom is 0.337 e. The zero-order valence-corrected chi connectivity index (χ0v) is 12.6. The number of carbonyl (C=O) groups is 1. The normalized spacial score (nSPS) is 12.0. The monoisotopic (exact) mass is 300 g/mol. The van der Waals surface area contributed by atoms with Crippen molar-refractivity contribution in [2.75, 3.05) is 6.61 Å². The van der Waals surface area contributed by atoms with Gasteiger partial charge in [0.05, 0.1) is 17.2 Å². The van der Waals surface area contributed by atoms with E-state index < -0.39 is 5.97 Å². The standard InChI is InChI=1S/C14H17ClO3S/c1-3-5-10(14(17)18-4-2)13(16)11-8-9(19)6-7-12(11)15/h6-8,16,19H,3-5H2,1-2H3/b13-10-. The molecule has 0 aliphatic carbocycles. The number of aliphatic hydroxyl groups excluding tert-OH is 1. The number of benzene rings is 1. The van der Waals surface area contributed by atoms with E-state index >= 15 is 0 Å². The predicted molar refractivity (Wildman–Crippen MR) is 79.8 cm³/mol. The van der Waals surface area contributed by atoms with Crippen LogP contribution >= 0.6 is 24.2 Å². The zero-order chi connectivity index (χ0) is 14.4. The molecule has 104 valence electrons. The van der Waals surface area contributed by atoms with Gasteiger partial charge in [0.25, 0.3) is 0 Å². The minimum absolute atomic E-state index is 0.138. The van der Waals surface area contributed by atoms with Crippen LogP contribution in [0.15, 0.2) is 28.7 Å². The maximum atomic E-state index is 11.8. The minimum Gasteiger partial charge on any atom is -0.507 e. The number of carbonyl (C=O) groups excluding carboxylic acids is 1. The van der Waals surface area contributed by atoms with Gasteiger partial charge in [-0.05, 0) is 31.5 Å². The quantitative estimate of drug-likeness (QED) is 0.370. The third kappa shape index (κ3) is 4.18. The van der Waals surface area contributed by atoms with Gasteiger partial charge in [0.2, 0.25) is 0 Å². The molecule has 0 unspecified atom stereocenters. The van der Waals surface area contributed by atoms with Gasteiger partial charge in [-0.1, -0.05) is 24.9 Å². The first-order valence-electron chi connectivity index (χ1n) is 6.09. The number of ether oxygens (including phenoxy) is 1. The number of thiol groups is 1. The first-order chi connectivity index (χ1) is 9.01. The van der Waals surface area contributed by atoms with Gasteiger partial charge in [-0.2, -0.15) is 0 Å². The molecular weight excluding hydrogens is 284 g/mol. The number of rotatable bonds is 5. The Morgan fingerprint density at radius 3 is 2.68 bits per heavy atom. The molecule has 1 aromatic carbocycles. The summed E-state index contributed by atoms with van der Waals surface area (Å²) in [5.41, 5.74) is 0.635. The summed E-state index contributed by atoms with van der Waals surface area (Å²) in [4.78, 5) is 12.5. The van der Waals surface area contributed by atoms with Gasteiger partial charge in [0.15, 0.2) is 0 Å². The summed E-state index contributed by atoms with van der Waals surface area (Å²) in [7, 11) is 0. The molecule has 1 aromatic rings. The third-order valence-corrected chi connectivity index (χ3v) is 3.12. The lowest BCUT2D eigenvalue weighted by Crippen LogP contribution is -2.10. The van der Waals surface area contributed by atoms with Crippen LogP contribution in [0.25, 0.3) is 5.76 Å². The van der Waals surface area contributed by atoms with Crippen molar-refractivity contribution in [3.63, 3.8) is 0 Å². The molecule has 0 saturated carbocycles. The molecule has 0 saturated heterocycles. The van der Waals surface area contributed by atoms with Crippen LogP contribution in [0.4, 0.5) is 0 Å². The van der Waals surface area contributed by atoms with Crippen LogP contribution in [-0.4, -0.2) is 17.7 Å². The van der Waals surface area contributed by atoms with Crippen LogP contribution in [-0.2, 0) is 9.53 Å². The summed E-state index contributed by atoms with van der Waals surface area (Å²) >= 11 is 10.2. The Balaban J connectivity index is 3.27. The Hall–Kier alpha value is -1.13. The van der Waals surface area contributed by atoms with Gasteiger partial charge in [-0.15, -0.1) is 12.6 Å². The smallest absolute Gasteiger partial charge is 0.337 e. The van der Waals surface area contributed by atoms with Crippen molar-refractivity contribution in [1.29, 1.82) is 0 Å². The predicted octanol–water partition coefficient (Wildman–Crippen LogP) is 4.26. The average Bonchev–Trinajstić information content (AvgIpc) is 2.38. The molecule has 1 N–H and O–H groups in total. The summed E-state index contributed by atoms with van der Waals surface area (Å²) in [5, 5.41) is 10.6. The number of aliphatic hydroxyl groups is 1. The van der Waals surface area contributed by atoms with E-state index in [1.54, 1.807) is 25.1 Å². The van der Waals surface area contributed by atoms with Crippen molar-refractivity contribution in [3.8, 4) is 0 Å². The van der Waals surface area contributed by atoms with E-state index in [4.69, 9.17) is 16.3 Å². The van der Waals surface area contributed by atoms with E-state index in [1.165, 1.54) is 0 Å². The van der Waals surface area contributed by atoms with Crippen molar-refractivity contribution in [2.45, 2.75) is 31.6 Å². The summed E-state index contributed by atoms with van der Waals surface area (Å²) < 4.78 is 4.95. The summed E-state index contributed by atoms with van der Waals surface area (Å²) in [6, 6.07) is 4.96. The van der Waals surface area contributed by atoms with E-state index in [9.17, 15) is 9.90 Å². The SMILES string of the molecule is CCC/C(C(=O)OCC)=C(/O)c1cc(S)ccc1Cl. The van der Waals surface area contributed by atoms with Crippen LogP contribution in [0.5, 0.6) is 0 Å². The third-order valence-electron chi connectivity index (χ3n) is 2.51. The van der Waals surface area contributed by atoms with Crippen LogP contribution < -0.4 is 0 Å². The van der Waals surface area contributed by atoms with Crippen molar-refractivity contribution < 1.29 is 14.6 Å². The second-order valence-electron chi connectivity index (χ2n) is 3.96. The average molecular weight is 301 g/mol. The molecule has 0 bridgehead atoms. The van der Waals surface area contributed by atoms with Gasteiger partial charge in [0.1, 0.15) is 5.76 Å². The van der Waals surface area contributed by atoms with Crippen LogP contribution in [0.2, 0.25) is 5.02 Å². The van der Waals surface area contributed by atoms with Crippen LogP contribution in [0, 0.1) is 0 Å². The van der Waals surface area contributed by atoms with E-state index in [0.29, 0.717) is 21.9 Å². The lowest BCUT2D eigenvalue weighted by molar-refractivity contribution is -0.138. The Bertz CT molecular complexity index is 497. The highest BCUT2D eigenvalue weighted by molar-refractivity contribution is 7.80. The fraction of sp³-hybridized carbons (Fsp3) is 0.357. The van der Waals surface area contributed by atoms with Gasteiger partial charge in [-0.25, -0.2) is 4.79 Å². The first kappa shape index (κ1) is 15.9. The van der Waals surface area contributed by atoms with Gasteiger partial charge in [-0.3, -0.25) is 0 Å². The highest BCUT2D eigenvalue weighted by Crippen LogP contribution is 2.28. The molecule has 0 fully saturated rings. The van der Waals surface area contributed by atoms with Crippen LogP contribution in [0.1, 0.15) is 32.3 Å². The summed E-state index contributed by atoms with van der Waals surface area (Å²) in [6.45, 7) is 3.91. The van der Waals surface area contributed by atoms with Crippen LogP contribution in [0.3, 0.4) is 0 Å². The van der Waals surface area contributed by atoms with Gasteiger partial charge >= 0.3 is 5.97 Å². The van der Waals surface area contributed by atoms with Gasteiger partial charge in [0, 0.05) is 10.5 Å². The molecule has 1 rings (SSSR count). The van der Waals surface area contributed by atoms with E-state index in [0.717, 1.165) is 6.42 Å². The second-order valence-corrected chi connectivity index (χ2v) is 4.89. The van der Waals surface area contributed by atoms with Crippen molar-refractivity contribution in [1.82, 2.24) is 0 Å². The molecule has 5 heteroatoms. The highest BCUT2D eigenvalue weighted by Gasteiger charge is 2.18. The Kier molecular flexibility index (Phi) is 6.25. The summed E-state index contributed by atoms with van der Waals surface area (Å²) in [6.07, 6.45) is 1.15. The molecule has 0 aliphatic rings. The highest BCUT2D eigenvalue weighted by atomic mass is 35.5. The van der Waals surface area contributed by atoms with Crippen molar-refractivity contribution in [2.24, 2.45) is 0 Å². The molecule has 0 heterocycles. The van der Waals surface area contributed by atoms with E-state index in [2.05, 4.69) is 12.6 Å². The van der Waals surface area contributed by atoms with E-state index in [1.807, 2.05) is 6.92 Å². The number of halogens is 1. The molecule has 19 heavy (non-hydrogen) atoms. The Labute approximate surface area is 123 Å². The first-order valence-corrected chi connectivity index (χ1v) is 6.91. The Morgan fingerprint density at radius 2 is 2.11 bits per heavy atom. The molecular formula is C14H17ClO3S. The fourth-order valence-corrected chi connectivity index (χ4v) is 2.05. The van der Waals surface area contributed by atoms with Crippen molar-refractivity contribution >= 4 is 36.0 Å². The fourth-order valence-electron chi connectivity index (χ4n) is 1.64. The maximum absolute atomic E-state index is 11.8. The number of hydrogen-bond donors (Lipinski definition) is 2. The number of esters is 1. The van der Waals surface area contributed by atoms with E-state index in [-0.39, 0.29) is 17.9 Å². The lowest BCUT2D eigenvalue weighted by Gasteiger charge is -2.11. The molecule has 0 amide bonds. The zero-order valence-electron chi connectivity index (χ0n) is 10.9. The molecule has 0 spiro atoms. The molecule has 0 aliphatic heterocycles.